The van der Waals surface area contributed by atoms with Gasteiger partial charge in [-0.15, -0.1) is 0 Å². The molecule has 0 saturated heterocycles. The number of hydrogen-bond donors (Lipinski definition) is 1. The smallest absolute Gasteiger partial charge is 0.327 e. The maximum absolute atomic E-state index is 12.4. The van der Waals surface area contributed by atoms with Crippen LogP contribution in [0.5, 0.6) is 0 Å². The predicted molar refractivity (Wildman–Crippen MR) is 80.6 cm³/mol. The summed E-state index contributed by atoms with van der Waals surface area (Å²) < 4.78 is 5.11. The number of ether oxygens (including phenoxy) is 1. The Morgan fingerprint density at radius 1 is 1.30 bits per heavy atom. The van der Waals surface area contributed by atoms with Crippen LogP contribution in [0.4, 0.5) is 0 Å². The van der Waals surface area contributed by atoms with Crippen molar-refractivity contribution in [2.45, 2.75) is 51.0 Å². The molecule has 0 radical (unpaired) electrons. The van der Waals surface area contributed by atoms with Crippen LogP contribution in [0.2, 0.25) is 0 Å². The molecule has 0 heterocycles. The summed E-state index contributed by atoms with van der Waals surface area (Å²) in [6.07, 6.45) is 7.71. The van der Waals surface area contributed by atoms with Crippen molar-refractivity contribution in [2.24, 2.45) is 11.8 Å². The number of esters is 1. The SMILES string of the molecule is CCNC(CN(C)CC1CCCC1)(C(=O)OC)C1CC1. The largest absolute Gasteiger partial charge is 0.468 e. The van der Waals surface area contributed by atoms with Crippen molar-refractivity contribution in [1.82, 2.24) is 10.2 Å². The monoisotopic (exact) mass is 282 g/mol. The van der Waals surface area contributed by atoms with Crippen LogP contribution in [-0.4, -0.2) is 50.2 Å². The third-order valence-electron chi connectivity index (χ3n) is 4.88. The van der Waals surface area contributed by atoms with E-state index in [-0.39, 0.29) is 5.97 Å². The van der Waals surface area contributed by atoms with Crippen molar-refractivity contribution >= 4 is 5.97 Å². The van der Waals surface area contributed by atoms with Gasteiger partial charge in [-0.3, -0.25) is 0 Å². The molecular formula is C16H30N2O2. The lowest BCUT2D eigenvalue weighted by Crippen LogP contribution is -2.61. The second-order valence-corrected chi connectivity index (χ2v) is 6.61. The van der Waals surface area contributed by atoms with E-state index < -0.39 is 5.54 Å². The Balaban J connectivity index is 1.99. The Morgan fingerprint density at radius 3 is 2.45 bits per heavy atom. The van der Waals surface area contributed by atoms with E-state index in [1.54, 1.807) is 0 Å². The second-order valence-electron chi connectivity index (χ2n) is 6.61. The normalized spacial score (nSPS) is 23.0. The molecule has 2 rings (SSSR count). The van der Waals surface area contributed by atoms with Gasteiger partial charge in [0.25, 0.3) is 0 Å². The fourth-order valence-corrected chi connectivity index (χ4v) is 3.83. The highest BCUT2D eigenvalue weighted by atomic mass is 16.5. The Hall–Kier alpha value is -0.610. The molecular weight excluding hydrogens is 252 g/mol. The first kappa shape index (κ1) is 15.8. The van der Waals surface area contributed by atoms with Gasteiger partial charge in [-0.1, -0.05) is 19.8 Å². The average Bonchev–Trinajstić information content (AvgIpc) is 3.17. The Kier molecular flexibility index (Phi) is 5.44. The molecule has 0 aliphatic heterocycles. The molecule has 116 valence electrons. The number of hydrogen-bond acceptors (Lipinski definition) is 4. The van der Waals surface area contributed by atoms with Crippen LogP contribution in [0.15, 0.2) is 0 Å². The molecule has 4 nitrogen and oxygen atoms in total. The van der Waals surface area contributed by atoms with Crippen molar-refractivity contribution in [1.29, 1.82) is 0 Å². The van der Waals surface area contributed by atoms with E-state index >= 15 is 0 Å². The zero-order valence-electron chi connectivity index (χ0n) is 13.3. The first-order valence-corrected chi connectivity index (χ1v) is 8.14. The summed E-state index contributed by atoms with van der Waals surface area (Å²) in [5.74, 6) is 1.18. The summed E-state index contributed by atoms with van der Waals surface area (Å²) in [4.78, 5) is 14.7. The zero-order chi connectivity index (χ0) is 14.6. The van der Waals surface area contributed by atoms with Gasteiger partial charge in [-0.25, -0.2) is 4.79 Å². The molecule has 1 unspecified atom stereocenters. The molecule has 4 heteroatoms. The van der Waals surface area contributed by atoms with Crippen molar-refractivity contribution in [3.63, 3.8) is 0 Å². The van der Waals surface area contributed by atoms with Gasteiger partial charge in [-0.05, 0) is 51.1 Å². The van der Waals surface area contributed by atoms with Gasteiger partial charge in [0.05, 0.1) is 7.11 Å². The van der Waals surface area contributed by atoms with Gasteiger partial charge in [0.2, 0.25) is 0 Å². The molecule has 20 heavy (non-hydrogen) atoms. The molecule has 0 amide bonds. The lowest BCUT2D eigenvalue weighted by molar-refractivity contribution is -0.150. The number of rotatable bonds is 8. The average molecular weight is 282 g/mol. The Bertz CT molecular complexity index is 324. The highest BCUT2D eigenvalue weighted by molar-refractivity contribution is 5.82. The van der Waals surface area contributed by atoms with Gasteiger partial charge in [0.15, 0.2) is 0 Å². The maximum atomic E-state index is 12.4. The number of nitrogens with one attached hydrogen (secondary N) is 1. The molecule has 1 atom stereocenters. The summed E-state index contributed by atoms with van der Waals surface area (Å²) in [6, 6.07) is 0. The van der Waals surface area contributed by atoms with E-state index in [0.717, 1.165) is 38.4 Å². The third-order valence-corrected chi connectivity index (χ3v) is 4.88. The van der Waals surface area contributed by atoms with Gasteiger partial charge in [0.1, 0.15) is 5.54 Å². The second kappa shape index (κ2) is 6.90. The standard InChI is InChI=1S/C16H30N2O2/c1-4-17-16(14-9-10-14,15(19)20-3)12-18(2)11-13-7-5-6-8-13/h13-14,17H,4-12H2,1-3H3. The first-order valence-electron chi connectivity index (χ1n) is 8.14. The molecule has 2 saturated carbocycles. The molecule has 2 fully saturated rings. The van der Waals surface area contributed by atoms with E-state index in [4.69, 9.17) is 4.74 Å². The minimum atomic E-state index is -0.489. The summed E-state index contributed by atoms with van der Waals surface area (Å²) in [5, 5.41) is 3.45. The maximum Gasteiger partial charge on any atom is 0.327 e. The van der Waals surface area contributed by atoms with Gasteiger partial charge >= 0.3 is 5.97 Å². The number of nitrogens with zero attached hydrogens (tertiary/aromatic N) is 1. The minimum Gasteiger partial charge on any atom is -0.468 e. The quantitative estimate of drug-likeness (QED) is 0.692. The topological polar surface area (TPSA) is 41.6 Å². The van der Waals surface area contributed by atoms with E-state index in [1.807, 2.05) is 0 Å². The molecule has 0 aromatic carbocycles. The van der Waals surface area contributed by atoms with Crippen molar-refractivity contribution in [3.05, 3.63) is 0 Å². The number of methoxy groups -OCH3 is 1. The zero-order valence-corrected chi connectivity index (χ0v) is 13.3. The van der Waals surface area contributed by atoms with Gasteiger partial charge < -0.3 is 15.0 Å². The van der Waals surface area contributed by atoms with E-state index in [0.29, 0.717) is 5.92 Å². The van der Waals surface area contributed by atoms with E-state index in [2.05, 4.69) is 24.2 Å². The Labute approximate surface area is 123 Å². The van der Waals surface area contributed by atoms with Crippen LogP contribution in [0.1, 0.15) is 45.4 Å². The van der Waals surface area contributed by atoms with Crippen LogP contribution >= 0.6 is 0 Å². The van der Waals surface area contributed by atoms with E-state index in [1.165, 1.54) is 32.8 Å². The van der Waals surface area contributed by atoms with Crippen LogP contribution in [0.3, 0.4) is 0 Å². The van der Waals surface area contributed by atoms with Crippen LogP contribution in [0.25, 0.3) is 0 Å². The summed E-state index contributed by atoms with van der Waals surface area (Å²) >= 11 is 0. The summed E-state index contributed by atoms with van der Waals surface area (Å²) in [5.41, 5.74) is -0.489. The molecule has 2 aliphatic rings. The summed E-state index contributed by atoms with van der Waals surface area (Å²) in [6.45, 7) is 4.76. The lowest BCUT2D eigenvalue weighted by atomic mass is 9.91. The first-order chi connectivity index (χ1) is 9.62. The predicted octanol–water partition coefficient (Wildman–Crippen LogP) is 2.04. The molecule has 0 spiro atoms. The van der Waals surface area contributed by atoms with Gasteiger partial charge in [-0.2, -0.15) is 0 Å². The molecule has 2 aliphatic carbocycles. The molecule has 0 bridgehead atoms. The fraction of sp³-hybridized carbons (Fsp3) is 0.938. The van der Waals surface area contributed by atoms with Crippen LogP contribution in [0, 0.1) is 11.8 Å². The van der Waals surface area contributed by atoms with Crippen LogP contribution < -0.4 is 5.32 Å². The third kappa shape index (κ3) is 3.53. The lowest BCUT2D eigenvalue weighted by Gasteiger charge is -2.36. The van der Waals surface area contributed by atoms with Crippen molar-refractivity contribution < 1.29 is 9.53 Å². The van der Waals surface area contributed by atoms with E-state index in [9.17, 15) is 4.79 Å². The molecule has 0 aromatic heterocycles. The number of carbonyl (C=O) groups excluding carboxylic acids is 1. The van der Waals surface area contributed by atoms with Crippen molar-refractivity contribution in [2.75, 3.05) is 33.8 Å². The highest BCUT2D eigenvalue weighted by Gasteiger charge is 2.52. The number of carbonyl (C=O) groups is 1. The van der Waals surface area contributed by atoms with Crippen molar-refractivity contribution in [3.8, 4) is 0 Å². The Morgan fingerprint density at radius 2 is 1.95 bits per heavy atom. The summed E-state index contributed by atoms with van der Waals surface area (Å²) in [7, 11) is 3.66. The number of likely N-dealkylation sites (N-methyl/N-ethyl adjacent to an activating group) is 2. The fourth-order valence-electron chi connectivity index (χ4n) is 3.83. The molecule has 0 aromatic rings. The molecule has 1 N–H and O–H groups in total. The highest BCUT2D eigenvalue weighted by Crippen LogP contribution is 2.41. The van der Waals surface area contributed by atoms with Gasteiger partial charge in [0, 0.05) is 13.1 Å². The minimum absolute atomic E-state index is 0.0832. The van der Waals surface area contributed by atoms with Crippen LogP contribution in [-0.2, 0) is 9.53 Å².